The minimum Gasteiger partial charge on any atom is -0.493 e. The van der Waals surface area contributed by atoms with Gasteiger partial charge in [-0.3, -0.25) is 4.79 Å². The van der Waals surface area contributed by atoms with Crippen molar-refractivity contribution in [2.24, 2.45) is 0 Å². The number of nitrogens with zero attached hydrogens (tertiary/aromatic N) is 1. The third kappa shape index (κ3) is 3.21. The van der Waals surface area contributed by atoms with E-state index in [0.717, 1.165) is 11.3 Å². The molecule has 1 heterocycles. The highest BCUT2D eigenvalue weighted by molar-refractivity contribution is 6.42. The van der Waals surface area contributed by atoms with E-state index in [9.17, 15) is 4.79 Å². The summed E-state index contributed by atoms with van der Waals surface area (Å²) in [5, 5.41) is 0.957. The van der Waals surface area contributed by atoms with E-state index in [1.165, 1.54) is 0 Å². The van der Waals surface area contributed by atoms with Crippen LogP contribution in [0.5, 0.6) is 5.75 Å². The summed E-state index contributed by atoms with van der Waals surface area (Å²) in [6, 6.07) is 12.7. The number of halogens is 2. The average molecular weight is 348 g/mol. The first-order valence-corrected chi connectivity index (χ1v) is 8.01. The topological polar surface area (TPSA) is 29.5 Å². The van der Waals surface area contributed by atoms with Crippen LogP contribution in [0, 0.1) is 0 Å². The quantitative estimate of drug-likeness (QED) is 0.720. The minimum atomic E-state index is 0.000127. The van der Waals surface area contributed by atoms with Gasteiger partial charge in [0.1, 0.15) is 5.75 Å². The maximum Gasteiger partial charge on any atom is 0.258 e. The van der Waals surface area contributed by atoms with E-state index in [0.29, 0.717) is 40.9 Å². The molecule has 5 heteroatoms. The second kappa shape index (κ2) is 6.65. The average Bonchev–Trinajstić information content (AvgIpc) is 2.80. The summed E-state index contributed by atoms with van der Waals surface area (Å²) in [6.45, 7) is 5.06. The van der Waals surface area contributed by atoms with Gasteiger partial charge in [-0.05, 0) is 24.6 Å². The maximum atomic E-state index is 12.3. The molecule has 0 radical (unpaired) electrons. The summed E-state index contributed by atoms with van der Waals surface area (Å²) in [5.74, 6) is 0.661. The number of rotatable bonds is 5. The summed E-state index contributed by atoms with van der Waals surface area (Å²) in [4.78, 5) is 14.0. The van der Waals surface area contributed by atoms with Crippen LogP contribution in [-0.4, -0.2) is 24.0 Å². The number of ether oxygens (including phenoxy) is 1. The predicted octanol–water partition coefficient (Wildman–Crippen LogP) is 4.89. The Kier molecular flexibility index (Phi) is 4.60. The fourth-order valence-electron chi connectivity index (χ4n) is 2.55. The molecule has 0 aromatic heterocycles. The van der Waals surface area contributed by atoms with E-state index in [1.54, 1.807) is 23.1 Å². The molecule has 0 N–H and O–H groups in total. The van der Waals surface area contributed by atoms with Crippen LogP contribution in [0.1, 0.15) is 22.3 Å². The Morgan fingerprint density at radius 2 is 1.78 bits per heavy atom. The third-order valence-electron chi connectivity index (χ3n) is 3.73. The molecule has 0 spiro atoms. The van der Waals surface area contributed by atoms with Gasteiger partial charge < -0.3 is 9.64 Å². The van der Waals surface area contributed by atoms with Gasteiger partial charge in [0.25, 0.3) is 5.91 Å². The lowest BCUT2D eigenvalue weighted by atomic mass is 10.1. The molecular weight excluding hydrogens is 333 g/mol. The number of hydrogen-bond donors (Lipinski definition) is 0. The van der Waals surface area contributed by atoms with E-state index in [2.05, 4.69) is 6.58 Å². The van der Waals surface area contributed by atoms with Gasteiger partial charge in [-0.25, -0.2) is 0 Å². The molecule has 2 aromatic rings. The van der Waals surface area contributed by atoms with Crippen molar-refractivity contribution >= 4 is 34.8 Å². The SMILES string of the molecule is C=C1c2ccccc2C(=O)N1CCCOc1ccc(Cl)c(Cl)c1. The number of carbonyl (C=O) groups excluding carboxylic acids is 1. The Morgan fingerprint density at radius 1 is 1.04 bits per heavy atom. The molecule has 2 aromatic carbocycles. The van der Waals surface area contributed by atoms with Crippen molar-refractivity contribution in [1.29, 1.82) is 0 Å². The lowest BCUT2D eigenvalue weighted by Crippen LogP contribution is -2.25. The molecule has 0 atom stereocenters. The molecular formula is C18H15Cl2NO2. The second-order valence-corrected chi connectivity index (χ2v) is 6.04. The molecule has 23 heavy (non-hydrogen) atoms. The van der Waals surface area contributed by atoms with Crippen molar-refractivity contribution in [3.63, 3.8) is 0 Å². The van der Waals surface area contributed by atoms with Crippen molar-refractivity contribution in [3.8, 4) is 5.75 Å². The van der Waals surface area contributed by atoms with Crippen molar-refractivity contribution in [1.82, 2.24) is 4.90 Å². The number of hydrogen-bond acceptors (Lipinski definition) is 2. The summed E-state index contributed by atoms with van der Waals surface area (Å²) in [6.07, 6.45) is 0.693. The van der Waals surface area contributed by atoms with Gasteiger partial charge in [-0.2, -0.15) is 0 Å². The number of amides is 1. The first-order chi connectivity index (χ1) is 11.1. The van der Waals surface area contributed by atoms with Crippen molar-refractivity contribution < 1.29 is 9.53 Å². The smallest absolute Gasteiger partial charge is 0.258 e. The summed E-state index contributed by atoms with van der Waals surface area (Å²) < 4.78 is 5.64. The molecule has 0 aliphatic carbocycles. The standard InChI is InChI=1S/C18H15Cl2NO2/c1-12-14-5-2-3-6-15(14)18(22)21(12)9-4-10-23-13-7-8-16(19)17(20)11-13/h2-3,5-8,11H,1,4,9-10H2. The van der Waals surface area contributed by atoms with Crippen LogP contribution in [-0.2, 0) is 0 Å². The summed E-state index contributed by atoms with van der Waals surface area (Å²) in [7, 11) is 0. The highest BCUT2D eigenvalue weighted by Gasteiger charge is 2.29. The molecule has 1 aliphatic rings. The van der Waals surface area contributed by atoms with Gasteiger partial charge in [0.15, 0.2) is 0 Å². The van der Waals surface area contributed by atoms with E-state index >= 15 is 0 Å². The van der Waals surface area contributed by atoms with Gasteiger partial charge in [0.05, 0.1) is 16.7 Å². The van der Waals surface area contributed by atoms with Crippen LogP contribution >= 0.6 is 23.2 Å². The van der Waals surface area contributed by atoms with Crippen molar-refractivity contribution in [2.45, 2.75) is 6.42 Å². The fourth-order valence-corrected chi connectivity index (χ4v) is 2.84. The maximum absolute atomic E-state index is 12.3. The zero-order valence-electron chi connectivity index (χ0n) is 12.4. The van der Waals surface area contributed by atoms with Gasteiger partial charge >= 0.3 is 0 Å². The van der Waals surface area contributed by atoms with Crippen LogP contribution in [0.25, 0.3) is 5.70 Å². The fraction of sp³-hybridized carbons (Fsp3) is 0.167. The third-order valence-corrected chi connectivity index (χ3v) is 4.46. The second-order valence-electron chi connectivity index (χ2n) is 5.23. The molecule has 118 valence electrons. The molecule has 3 rings (SSSR count). The summed E-state index contributed by atoms with van der Waals surface area (Å²) >= 11 is 11.8. The van der Waals surface area contributed by atoms with Crippen molar-refractivity contribution in [3.05, 3.63) is 70.2 Å². The van der Waals surface area contributed by atoms with E-state index in [-0.39, 0.29) is 5.91 Å². The van der Waals surface area contributed by atoms with Crippen molar-refractivity contribution in [2.75, 3.05) is 13.2 Å². The molecule has 0 bridgehead atoms. The lowest BCUT2D eigenvalue weighted by Gasteiger charge is -2.17. The lowest BCUT2D eigenvalue weighted by molar-refractivity contribution is 0.0845. The zero-order chi connectivity index (χ0) is 16.4. The Hall–Kier alpha value is -1.97. The Balaban J connectivity index is 1.55. The highest BCUT2D eigenvalue weighted by atomic mass is 35.5. The monoisotopic (exact) mass is 347 g/mol. The van der Waals surface area contributed by atoms with Gasteiger partial charge in [-0.15, -0.1) is 0 Å². The van der Waals surface area contributed by atoms with Gasteiger partial charge in [0, 0.05) is 29.4 Å². The first kappa shape index (κ1) is 15.9. The number of benzene rings is 2. The molecule has 1 aliphatic heterocycles. The summed E-state index contributed by atoms with van der Waals surface area (Å²) in [5.41, 5.74) is 2.37. The van der Waals surface area contributed by atoms with E-state index in [1.807, 2.05) is 24.3 Å². The Morgan fingerprint density at radius 3 is 2.48 bits per heavy atom. The molecule has 0 fully saturated rings. The largest absolute Gasteiger partial charge is 0.493 e. The molecule has 0 saturated heterocycles. The molecule has 1 amide bonds. The van der Waals surface area contributed by atoms with E-state index < -0.39 is 0 Å². The zero-order valence-corrected chi connectivity index (χ0v) is 13.9. The molecule has 0 unspecified atom stereocenters. The normalized spacial score (nSPS) is 13.4. The predicted molar refractivity (Wildman–Crippen MR) is 93.1 cm³/mol. The van der Waals surface area contributed by atoms with Crippen LogP contribution < -0.4 is 4.74 Å². The van der Waals surface area contributed by atoms with Crippen LogP contribution in [0.15, 0.2) is 49.0 Å². The molecule has 3 nitrogen and oxygen atoms in total. The molecule has 0 saturated carbocycles. The number of fused-ring (bicyclic) bond motifs is 1. The van der Waals surface area contributed by atoms with Gasteiger partial charge in [0.2, 0.25) is 0 Å². The van der Waals surface area contributed by atoms with Gasteiger partial charge in [-0.1, -0.05) is 48.0 Å². The van der Waals surface area contributed by atoms with Crippen LogP contribution in [0.4, 0.5) is 0 Å². The van der Waals surface area contributed by atoms with Crippen LogP contribution in [0.2, 0.25) is 10.0 Å². The minimum absolute atomic E-state index is 0.000127. The number of carbonyl (C=O) groups is 1. The van der Waals surface area contributed by atoms with E-state index in [4.69, 9.17) is 27.9 Å². The Bertz CT molecular complexity index is 738. The highest BCUT2D eigenvalue weighted by Crippen LogP contribution is 2.31. The van der Waals surface area contributed by atoms with Crippen LogP contribution in [0.3, 0.4) is 0 Å². The Labute approximate surface area is 145 Å². The first-order valence-electron chi connectivity index (χ1n) is 7.26.